The van der Waals surface area contributed by atoms with Crippen LogP contribution in [0.3, 0.4) is 0 Å². The van der Waals surface area contributed by atoms with Gasteiger partial charge in [0.25, 0.3) is 0 Å². The standard InChI is InChI=1S/C29H36N6O5/c1-7-24(36)35-13-17(14-35)39-26-20-11-31-23(10-19(20)21(12-32-26)29(5,30)15-38-6)33-22-9-8-18-25(34-22)16(2)28(3,4)40-27(18)37/h8-12,16-17H,7,13-15,30H2,1-6H3,(H,31,33,34)/t16-,29-/m1/s1. The number of likely N-dealkylation sites (tertiary alicyclic amines) is 1. The Morgan fingerprint density at radius 1 is 1.23 bits per heavy atom. The van der Waals surface area contributed by atoms with Crippen molar-refractivity contribution in [2.75, 3.05) is 32.1 Å². The van der Waals surface area contributed by atoms with Gasteiger partial charge in [0.05, 0.1) is 41.9 Å². The zero-order valence-corrected chi connectivity index (χ0v) is 23.8. The van der Waals surface area contributed by atoms with Crippen LogP contribution < -0.4 is 15.8 Å². The number of esters is 1. The van der Waals surface area contributed by atoms with Gasteiger partial charge in [-0.2, -0.15) is 0 Å². The summed E-state index contributed by atoms with van der Waals surface area (Å²) in [5.74, 6) is 1.17. The lowest BCUT2D eigenvalue weighted by Crippen LogP contribution is -2.56. The Kier molecular flexibility index (Phi) is 7.13. The highest BCUT2D eigenvalue weighted by atomic mass is 16.6. The third-order valence-corrected chi connectivity index (χ3v) is 7.79. The second-order valence-electron chi connectivity index (χ2n) is 11.3. The molecular formula is C29H36N6O5. The molecule has 2 atom stereocenters. The number of pyridine rings is 3. The fourth-order valence-corrected chi connectivity index (χ4v) is 5.09. The summed E-state index contributed by atoms with van der Waals surface area (Å²) in [7, 11) is 1.60. The smallest absolute Gasteiger partial charge is 0.340 e. The Morgan fingerprint density at radius 2 is 1.98 bits per heavy atom. The molecule has 0 saturated carbocycles. The van der Waals surface area contributed by atoms with Gasteiger partial charge in [0.1, 0.15) is 23.3 Å². The first-order valence-corrected chi connectivity index (χ1v) is 13.5. The number of hydrogen-bond donors (Lipinski definition) is 2. The lowest BCUT2D eigenvalue weighted by atomic mass is 9.84. The van der Waals surface area contributed by atoms with E-state index >= 15 is 0 Å². The molecular weight excluding hydrogens is 512 g/mol. The van der Waals surface area contributed by atoms with Gasteiger partial charge in [0.2, 0.25) is 11.8 Å². The number of carbonyl (C=O) groups excluding carboxylic acids is 2. The van der Waals surface area contributed by atoms with Gasteiger partial charge in [0, 0.05) is 37.4 Å². The maximum atomic E-state index is 12.5. The van der Waals surface area contributed by atoms with E-state index in [4.69, 9.17) is 24.9 Å². The SMILES string of the molecule is CCC(=O)N1CC(Oc2ncc([C@](C)(N)COC)c3cc(Nc4ccc5c(n4)[C@@H](C)C(C)(C)OC5=O)ncc23)C1. The Hall–Kier alpha value is -3.83. The number of rotatable bonds is 8. The topological polar surface area (TPSA) is 142 Å². The second-order valence-corrected chi connectivity index (χ2v) is 11.3. The van der Waals surface area contributed by atoms with E-state index in [2.05, 4.69) is 15.3 Å². The molecule has 0 unspecified atom stereocenters. The number of fused-ring (bicyclic) bond motifs is 2. The molecule has 11 nitrogen and oxygen atoms in total. The highest BCUT2D eigenvalue weighted by Gasteiger charge is 2.40. The molecule has 1 amide bonds. The first-order valence-electron chi connectivity index (χ1n) is 13.5. The van der Waals surface area contributed by atoms with E-state index in [0.717, 1.165) is 10.9 Å². The lowest BCUT2D eigenvalue weighted by Gasteiger charge is -2.38. The summed E-state index contributed by atoms with van der Waals surface area (Å²) in [5.41, 5.74) is 7.08. The minimum absolute atomic E-state index is 0.0917. The van der Waals surface area contributed by atoms with Gasteiger partial charge in [-0.25, -0.2) is 19.7 Å². The van der Waals surface area contributed by atoms with Crippen LogP contribution in [-0.2, 0) is 19.8 Å². The number of cyclic esters (lactones) is 1. The van der Waals surface area contributed by atoms with Gasteiger partial charge in [0.15, 0.2) is 0 Å². The molecule has 0 bridgehead atoms. The summed E-state index contributed by atoms with van der Waals surface area (Å²) in [5, 5.41) is 4.78. The van der Waals surface area contributed by atoms with Crippen LogP contribution in [-0.4, -0.2) is 70.2 Å². The molecule has 0 aliphatic carbocycles. The van der Waals surface area contributed by atoms with Crippen molar-refractivity contribution in [2.45, 2.75) is 64.2 Å². The van der Waals surface area contributed by atoms with Gasteiger partial charge in [-0.3, -0.25) is 4.79 Å². The second kappa shape index (κ2) is 10.3. The van der Waals surface area contributed by atoms with Gasteiger partial charge in [-0.15, -0.1) is 0 Å². The molecule has 0 aromatic carbocycles. The van der Waals surface area contributed by atoms with Crippen LogP contribution in [0.2, 0.25) is 0 Å². The Bertz CT molecular complexity index is 1470. The molecule has 3 aromatic rings. The Balaban J connectivity index is 1.48. The number of nitrogens with two attached hydrogens (primary N) is 1. The van der Waals surface area contributed by atoms with Crippen molar-refractivity contribution >= 4 is 34.3 Å². The summed E-state index contributed by atoms with van der Waals surface area (Å²) in [6, 6.07) is 5.34. The number of methoxy groups -OCH3 is 1. The predicted molar refractivity (Wildman–Crippen MR) is 150 cm³/mol. The van der Waals surface area contributed by atoms with E-state index < -0.39 is 11.1 Å². The fraction of sp³-hybridized carbons (Fsp3) is 0.483. The van der Waals surface area contributed by atoms with Crippen molar-refractivity contribution in [1.82, 2.24) is 19.9 Å². The quantitative estimate of drug-likeness (QED) is 0.401. The number of aromatic nitrogens is 3. The molecule has 11 heteroatoms. The molecule has 5 heterocycles. The van der Waals surface area contributed by atoms with Gasteiger partial charge in [-0.05, 0) is 44.4 Å². The van der Waals surface area contributed by atoms with Crippen LogP contribution in [0.4, 0.5) is 11.6 Å². The van der Waals surface area contributed by atoms with Crippen molar-refractivity contribution in [3.63, 3.8) is 0 Å². The van der Waals surface area contributed by atoms with E-state index in [9.17, 15) is 9.59 Å². The molecule has 0 radical (unpaired) electrons. The minimum Gasteiger partial charge on any atom is -0.470 e. The summed E-state index contributed by atoms with van der Waals surface area (Å²) >= 11 is 0. The van der Waals surface area contributed by atoms with Gasteiger partial charge >= 0.3 is 5.97 Å². The largest absolute Gasteiger partial charge is 0.470 e. The van der Waals surface area contributed by atoms with Crippen LogP contribution in [0, 0.1) is 0 Å². The van der Waals surface area contributed by atoms with Crippen LogP contribution in [0.1, 0.15) is 68.6 Å². The number of amides is 1. The number of ether oxygens (including phenoxy) is 3. The van der Waals surface area contributed by atoms with Crippen molar-refractivity contribution < 1.29 is 23.8 Å². The summed E-state index contributed by atoms with van der Waals surface area (Å²) < 4.78 is 17.2. The molecule has 2 aliphatic heterocycles. The zero-order chi connectivity index (χ0) is 28.8. The van der Waals surface area contributed by atoms with Crippen LogP contribution in [0.15, 0.2) is 30.6 Å². The van der Waals surface area contributed by atoms with E-state index in [1.807, 2.05) is 40.7 Å². The molecule has 5 rings (SSSR count). The molecule has 40 heavy (non-hydrogen) atoms. The first kappa shape index (κ1) is 27.7. The van der Waals surface area contributed by atoms with Crippen molar-refractivity contribution in [3.05, 3.63) is 47.4 Å². The van der Waals surface area contributed by atoms with Crippen LogP contribution in [0.5, 0.6) is 5.88 Å². The average molecular weight is 549 g/mol. The van der Waals surface area contributed by atoms with E-state index in [0.29, 0.717) is 53.7 Å². The summed E-state index contributed by atoms with van der Waals surface area (Å²) in [6.07, 6.45) is 3.73. The van der Waals surface area contributed by atoms with E-state index in [-0.39, 0.29) is 30.5 Å². The monoisotopic (exact) mass is 548 g/mol. The maximum Gasteiger partial charge on any atom is 0.340 e. The molecule has 212 valence electrons. The Morgan fingerprint density at radius 3 is 2.67 bits per heavy atom. The number of anilines is 2. The molecule has 2 aliphatic rings. The van der Waals surface area contributed by atoms with Crippen molar-refractivity contribution in [2.24, 2.45) is 5.73 Å². The van der Waals surface area contributed by atoms with Gasteiger partial charge in [-0.1, -0.05) is 13.8 Å². The summed E-state index contributed by atoms with van der Waals surface area (Å²) in [6.45, 7) is 10.8. The fourth-order valence-electron chi connectivity index (χ4n) is 5.09. The highest BCUT2D eigenvalue weighted by Crippen LogP contribution is 2.38. The number of nitrogens with zero attached hydrogens (tertiary/aromatic N) is 4. The maximum absolute atomic E-state index is 12.5. The normalized spacial score (nSPS) is 19.8. The first-order chi connectivity index (χ1) is 18.9. The molecule has 0 spiro atoms. The molecule has 1 saturated heterocycles. The number of hydrogen-bond acceptors (Lipinski definition) is 10. The van der Waals surface area contributed by atoms with E-state index in [1.54, 1.807) is 36.5 Å². The lowest BCUT2D eigenvalue weighted by molar-refractivity contribution is -0.139. The van der Waals surface area contributed by atoms with Crippen molar-refractivity contribution in [3.8, 4) is 5.88 Å². The number of carbonyl (C=O) groups is 2. The average Bonchev–Trinajstić information content (AvgIpc) is 2.88. The third kappa shape index (κ3) is 5.06. The van der Waals surface area contributed by atoms with Gasteiger partial charge < -0.3 is 30.2 Å². The minimum atomic E-state index is -0.830. The van der Waals surface area contributed by atoms with Crippen LogP contribution in [0.25, 0.3) is 10.8 Å². The number of nitrogens with one attached hydrogen (secondary N) is 1. The Labute approximate surface area is 233 Å². The predicted octanol–water partition coefficient (Wildman–Crippen LogP) is 3.64. The molecule has 1 fully saturated rings. The third-order valence-electron chi connectivity index (χ3n) is 7.79. The zero-order valence-electron chi connectivity index (χ0n) is 23.8. The highest BCUT2D eigenvalue weighted by molar-refractivity contribution is 5.93. The van der Waals surface area contributed by atoms with Crippen molar-refractivity contribution in [1.29, 1.82) is 0 Å². The summed E-state index contributed by atoms with van der Waals surface area (Å²) in [4.78, 5) is 40.1. The molecule has 3 aromatic heterocycles. The molecule has 3 N–H and O–H groups in total. The van der Waals surface area contributed by atoms with E-state index in [1.165, 1.54) is 0 Å². The van der Waals surface area contributed by atoms with Crippen LogP contribution >= 0.6 is 0 Å².